The zero-order valence-corrected chi connectivity index (χ0v) is 12.3. The van der Waals surface area contributed by atoms with E-state index in [4.69, 9.17) is 4.74 Å². The number of ether oxygens (including phenoxy) is 1. The van der Waals surface area contributed by atoms with E-state index in [1.54, 1.807) is 6.20 Å². The van der Waals surface area contributed by atoms with E-state index in [2.05, 4.69) is 20.9 Å². The van der Waals surface area contributed by atoms with E-state index in [0.29, 0.717) is 13.0 Å². The van der Waals surface area contributed by atoms with Crippen LogP contribution in [0.4, 0.5) is 0 Å². The average Bonchev–Trinajstić information content (AvgIpc) is 2.82. The average molecular weight is 314 g/mol. The summed E-state index contributed by atoms with van der Waals surface area (Å²) in [6, 6.07) is 3.90. The highest BCUT2D eigenvalue weighted by Gasteiger charge is 2.41. The van der Waals surface area contributed by atoms with Crippen molar-refractivity contribution >= 4 is 15.9 Å². The first-order valence-corrected chi connectivity index (χ1v) is 7.38. The van der Waals surface area contributed by atoms with Gasteiger partial charge in [-0.2, -0.15) is 0 Å². The van der Waals surface area contributed by atoms with E-state index >= 15 is 0 Å². The van der Waals surface area contributed by atoms with Gasteiger partial charge in [0.2, 0.25) is 0 Å². The van der Waals surface area contributed by atoms with Gasteiger partial charge in [-0.3, -0.25) is 4.98 Å². The van der Waals surface area contributed by atoms with Crippen LogP contribution in [0.2, 0.25) is 0 Å². The number of aromatic nitrogens is 1. The van der Waals surface area contributed by atoms with Crippen LogP contribution in [0, 0.1) is 0 Å². The van der Waals surface area contributed by atoms with E-state index in [0.717, 1.165) is 35.8 Å². The van der Waals surface area contributed by atoms with Gasteiger partial charge in [0.25, 0.3) is 0 Å². The van der Waals surface area contributed by atoms with Crippen LogP contribution >= 0.6 is 15.9 Å². The first kappa shape index (κ1) is 14.0. The number of halogens is 1. The van der Waals surface area contributed by atoms with Crippen LogP contribution in [-0.4, -0.2) is 28.4 Å². The topological polar surface area (TPSA) is 42.4 Å². The van der Waals surface area contributed by atoms with Crippen molar-refractivity contribution in [2.75, 3.05) is 6.61 Å². The molecule has 1 fully saturated rings. The van der Waals surface area contributed by atoms with Crippen LogP contribution in [0.25, 0.3) is 0 Å². The number of nitrogens with zero attached hydrogens (tertiary/aromatic N) is 1. The maximum atomic E-state index is 10.5. The van der Waals surface area contributed by atoms with Crippen molar-refractivity contribution in [2.45, 2.75) is 50.7 Å². The normalized spacial score (nSPS) is 19.9. The summed E-state index contributed by atoms with van der Waals surface area (Å²) in [5, 5.41) is 10.5. The Hall–Kier alpha value is -0.450. The van der Waals surface area contributed by atoms with Crippen LogP contribution in [0.3, 0.4) is 0 Å². The molecular formula is C14H20BrNO2. The van der Waals surface area contributed by atoms with Gasteiger partial charge in [-0.15, -0.1) is 0 Å². The van der Waals surface area contributed by atoms with Crippen LogP contribution < -0.4 is 0 Å². The molecule has 0 aliphatic heterocycles. The second-order valence-corrected chi connectivity index (χ2v) is 5.81. The maximum absolute atomic E-state index is 10.5. The number of rotatable bonds is 5. The molecule has 0 bridgehead atoms. The zero-order valence-electron chi connectivity index (χ0n) is 10.7. The van der Waals surface area contributed by atoms with Gasteiger partial charge in [-0.05, 0) is 47.8 Å². The van der Waals surface area contributed by atoms with Gasteiger partial charge in [0.15, 0.2) is 0 Å². The highest BCUT2D eigenvalue weighted by atomic mass is 79.9. The summed E-state index contributed by atoms with van der Waals surface area (Å²) in [5.74, 6) is 0. The fourth-order valence-corrected chi connectivity index (χ4v) is 2.98. The van der Waals surface area contributed by atoms with Crippen LogP contribution in [0.15, 0.2) is 22.8 Å². The zero-order chi connectivity index (χ0) is 13.0. The summed E-state index contributed by atoms with van der Waals surface area (Å²) in [4.78, 5) is 4.32. The molecule has 1 aliphatic rings. The summed E-state index contributed by atoms with van der Waals surface area (Å²) >= 11 is 3.36. The van der Waals surface area contributed by atoms with E-state index in [1.807, 2.05) is 19.1 Å². The maximum Gasteiger partial charge on any atom is 0.0943 e. The SMILES string of the molecule is CCOC1(C(O)Cc2ccc(Br)cn2)CCCC1. The number of aliphatic hydroxyl groups excluding tert-OH is 1. The van der Waals surface area contributed by atoms with E-state index in [-0.39, 0.29) is 5.60 Å². The molecular weight excluding hydrogens is 294 g/mol. The lowest BCUT2D eigenvalue weighted by molar-refractivity contribution is -0.115. The van der Waals surface area contributed by atoms with Crippen LogP contribution in [-0.2, 0) is 11.2 Å². The molecule has 1 saturated carbocycles. The summed E-state index contributed by atoms with van der Waals surface area (Å²) in [6.07, 6.45) is 6.07. The Bertz CT molecular complexity index is 374. The third kappa shape index (κ3) is 3.11. The molecule has 1 N–H and O–H groups in total. The lowest BCUT2D eigenvalue weighted by Crippen LogP contribution is -2.44. The minimum absolute atomic E-state index is 0.344. The largest absolute Gasteiger partial charge is 0.390 e. The number of hydrogen-bond acceptors (Lipinski definition) is 3. The monoisotopic (exact) mass is 313 g/mol. The van der Waals surface area contributed by atoms with Gasteiger partial charge < -0.3 is 9.84 Å². The predicted molar refractivity (Wildman–Crippen MR) is 74.5 cm³/mol. The molecule has 0 radical (unpaired) electrons. The molecule has 3 nitrogen and oxygen atoms in total. The highest BCUT2D eigenvalue weighted by molar-refractivity contribution is 9.10. The molecule has 2 rings (SSSR count). The molecule has 4 heteroatoms. The number of hydrogen-bond donors (Lipinski definition) is 1. The second kappa shape index (κ2) is 6.13. The summed E-state index contributed by atoms with van der Waals surface area (Å²) in [6.45, 7) is 2.65. The summed E-state index contributed by atoms with van der Waals surface area (Å²) < 4.78 is 6.82. The molecule has 1 heterocycles. The minimum Gasteiger partial charge on any atom is -0.390 e. The highest BCUT2D eigenvalue weighted by Crippen LogP contribution is 2.37. The third-order valence-electron chi connectivity index (χ3n) is 3.68. The molecule has 0 spiro atoms. The molecule has 0 aromatic carbocycles. The molecule has 1 aromatic heterocycles. The first-order chi connectivity index (χ1) is 8.66. The Morgan fingerprint density at radius 3 is 2.72 bits per heavy atom. The fourth-order valence-electron chi connectivity index (χ4n) is 2.75. The number of aliphatic hydroxyl groups is 1. The molecule has 18 heavy (non-hydrogen) atoms. The van der Waals surface area contributed by atoms with Gasteiger partial charge in [-0.1, -0.05) is 12.8 Å². The minimum atomic E-state index is -0.464. The van der Waals surface area contributed by atoms with Crippen molar-refractivity contribution in [3.8, 4) is 0 Å². The van der Waals surface area contributed by atoms with Gasteiger partial charge >= 0.3 is 0 Å². The van der Waals surface area contributed by atoms with Crippen molar-refractivity contribution in [2.24, 2.45) is 0 Å². The third-order valence-corrected chi connectivity index (χ3v) is 4.15. The molecule has 100 valence electrons. The Morgan fingerprint density at radius 2 is 2.17 bits per heavy atom. The smallest absolute Gasteiger partial charge is 0.0943 e. The molecule has 0 saturated heterocycles. The standard InChI is InChI=1S/C14H20BrNO2/c1-2-18-14(7-3-4-8-14)13(17)9-12-6-5-11(15)10-16-12/h5-6,10,13,17H,2-4,7-9H2,1H3. The van der Waals surface area contributed by atoms with E-state index < -0.39 is 6.10 Å². The van der Waals surface area contributed by atoms with Gasteiger partial charge in [0.05, 0.1) is 11.7 Å². The predicted octanol–water partition coefficient (Wildman–Crippen LogP) is 3.10. The molecule has 1 aliphatic carbocycles. The van der Waals surface area contributed by atoms with Crippen LogP contribution in [0.1, 0.15) is 38.3 Å². The Kier molecular flexibility index (Phi) is 4.76. The van der Waals surface area contributed by atoms with Crippen molar-refractivity contribution in [1.29, 1.82) is 0 Å². The summed E-state index contributed by atoms with van der Waals surface area (Å²) in [7, 11) is 0. The lowest BCUT2D eigenvalue weighted by Gasteiger charge is -2.34. The van der Waals surface area contributed by atoms with E-state index in [9.17, 15) is 5.11 Å². The molecule has 1 aromatic rings. The quantitative estimate of drug-likeness (QED) is 0.908. The van der Waals surface area contributed by atoms with Crippen LogP contribution in [0.5, 0.6) is 0 Å². The van der Waals surface area contributed by atoms with E-state index in [1.165, 1.54) is 0 Å². The van der Waals surface area contributed by atoms with Gasteiger partial charge in [0.1, 0.15) is 0 Å². The van der Waals surface area contributed by atoms with Crippen molar-refractivity contribution in [3.05, 3.63) is 28.5 Å². The van der Waals surface area contributed by atoms with Gasteiger partial charge in [-0.25, -0.2) is 0 Å². The van der Waals surface area contributed by atoms with Gasteiger partial charge in [0, 0.05) is 29.4 Å². The Labute approximate surface area is 117 Å². The molecule has 1 unspecified atom stereocenters. The summed E-state index contributed by atoms with van der Waals surface area (Å²) in [5.41, 5.74) is 0.570. The fraction of sp³-hybridized carbons (Fsp3) is 0.643. The lowest BCUT2D eigenvalue weighted by atomic mass is 9.91. The number of pyridine rings is 1. The molecule has 0 amide bonds. The second-order valence-electron chi connectivity index (χ2n) is 4.89. The van der Waals surface area contributed by atoms with Crippen molar-refractivity contribution in [1.82, 2.24) is 4.98 Å². The Morgan fingerprint density at radius 1 is 1.44 bits per heavy atom. The molecule has 1 atom stereocenters. The Balaban J connectivity index is 2.05. The van der Waals surface area contributed by atoms with Crippen molar-refractivity contribution < 1.29 is 9.84 Å². The first-order valence-electron chi connectivity index (χ1n) is 6.59. The van der Waals surface area contributed by atoms with Crippen molar-refractivity contribution in [3.63, 3.8) is 0 Å².